The predicted molar refractivity (Wildman–Crippen MR) is 101 cm³/mol. The molecule has 0 heterocycles. The Kier molecular flexibility index (Phi) is 7.15. The van der Waals surface area contributed by atoms with Crippen LogP contribution in [0.2, 0.25) is 0 Å². The van der Waals surface area contributed by atoms with Crippen LogP contribution >= 0.6 is 12.2 Å². The topological polar surface area (TPSA) is 103 Å². The number of methoxy groups -OCH3 is 1. The molecule has 0 radical (unpaired) electrons. The molecule has 0 aliphatic rings. The van der Waals surface area contributed by atoms with E-state index in [1.165, 1.54) is 13.2 Å². The second-order valence-corrected chi connectivity index (χ2v) is 5.58. The summed E-state index contributed by atoms with van der Waals surface area (Å²) >= 11 is 4.99. The molecule has 0 atom stereocenters. The number of nitro groups is 1. The van der Waals surface area contributed by atoms with Crippen molar-refractivity contribution in [1.29, 1.82) is 0 Å². The molecular weight excluding hydrogens is 377 g/mol. The molecule has 8 nitrogen and oxygen atoms in total. The van der Waals surface area contributed by atoms with E-state index in [2.05, 4.69) is 10.6 Å². The van der Waals surface area contributed by atoms with E-state index in [-0.39, 0.29) is 28.7 Å². The number of benzene rings is 2. The Morgan fingerprint density at radius 3 is 2.70 bits per heavy atom. The molecule has 27 heavy (non-hydrogen) atoms. The molecule has 10 heteroatoms. The van der Waals surface area contributed by atoms with Crippen LogP contribution in [0.3, 0.4) is 0 Å². The van der Waals surface area contributed by atoms with Gasteiger partial charge in [-0.15, -0.1) is 0 Å². The molecule has 2 N–H and O–H groups in total. The lowest BCUT2D eigenvalue weighted by Crippen LogP contribution is -2.34. The van der Waals surface area contributed by atoms with E-state index in [9.17, 15) is 19.3 Å². The van der Waals surface area contributed by atoms with Crippen LogP contribution in [0, 0.1) is 15.9 Å². The summed E-state index contributed by atoms with van der Waals surface area (Å²) in [7, 11) is 1.53. The zero-order valence-corrected chi connectivity index (χ0v) is 15.0. The van der Waals surface area contributed by atoms with E-state index in [0.717, 1.165) is 18.2 Å². The number of hydrogen-bond acceptors (Lipinski definition) is 6. The van der Waals surface area contributed by atoms with E-state index < -0.39 is 16.6 Å². The summed E-state index contributed by atoms with van der Waals surface area (Å²) in [6.07, 6.45) is 0. The molecular formula is C17H16FN3O5S. The van der Waals surface area contributed by atoms with Crippen molar-refractivity contribution in [3.8, 4) is 5.75 Å². The first-order valence-corrected chi connectivity index (χ1v) is 8.10. The van der Waals surface area contributed by atoms with Gasteiger partial charge in [0.05, 0.1) is 22.8 Å². The van der Waals surface area contributed by atoms with Gasteiger partial charge in [-0.2, -0.15) is 0 Å². The maximum absolute atomic E-state index is 13.8. The molecule has 2 rings (SSSR count). The van der Waals surface area contributed by atoms with Crippen molar-refractivity contribution in [3.05, 3.63) is 64.0 Å². The van der Waals surface area contributed by atoms with E-state index >= 15 is 0 Å². The molecule has 0 aromatic heterocycles. The SMILES string of the molecule is COCCOc1ccccc1C(=O)NC(=S)Nc1cc([N+](=O)[O-])ccc1F. The molecule has 0 aliphatic carbocycles. The number of hydrogen-bond donors (Lipinski definition) is 2. The van der Waals surface area contributed by atoms with Crippen LogP contribution in [-0.4, -0.2) is 36.3 Å². The van der Waals surface area contributed by atoms with Crippen LogP contribution in [-0.2, 0) is 4.74 Å². The van der Waals surface area contributed by atoms with Crippen molar-refractivity contribution < 1.29 is 23.6 Å². The Morgan fingerprint density at radius 2 is 2.00 bits per heavy atom. The summed E-state index contributed by atoms with van der Waals surface area (Å²) in [5, 5.41) is 15.4. The number of anilines is 1. The summed E-state index contributed by atoms with van der Waals surface area (Å²) in [5.74, 6) is -0.997. The van der Waals surface area contributed by atoms with Crippen LogP contribution in [0.25, 0.3) is 0 Å². The van der Waals surface area contributed by atoms with Gasteiger partial charge in [-0.05, 0) is 30.4 Å². The third-order valence-corrected chi connectivity index (χ3v) is 3.52. The van der Waals surface area contributed by atoms with Crippen LogP contribution < -0.4 is 15.4 Å². The lowest BCUT2D eigenvalue weighted by Gasteiger charge is -2.13. The van der Waals surface area contributed by atoms with Crippen molar-refractivity contribution in [2.24, 2.45) is 0 Å². The van der Waals surface area contributed by atoms with Crippen LogP contribution in [0.1, 0.15) is 10.4 Å². The minimum absolute atomic E-state index is 0.217. The molecule has 0 fully saturated rings. The highest BCUT2D eigenvalue weighted by molar-refractivity contribution is 7.80. The van der Waals surface area contributed by atoms with Crippen molar-refractivity contribution in [2.45, 2.75) is 0 Å². The molecule has 0 unspecified atom stereocenters. The van der Waals surface area contributed by atoms with Gasteiger partial charge in [0.25, 0.3) is 11.6 Å². The number of halogens is 1. The fourth-order valence-electron chi connectivity index (χ4n) is 2.06. The van der Waals surface area contributed by atoms with Gasteiger partial charge >= 0.3 is 0 Å². The smallest absolute Gasteiger partial charge is 0.271 e. The van der Waals surface area contributed by atoms with Gasteiger partial charge in [0.2, 0.25) is 0 Å². The first-order valence-electron chi connectivity index (χ1n) is 7.69. The standard InChI is InChI=1S/C17H16FN3O5S/c1-25-8-9-26-15-5-3-2-4-12(15)16(22)20-17(27)19-14-10-11(21(23)24)6-7-13(14)18/h2-7,10H,8-9H2,1H3,(H2,19,20,22,27). The number of ether oxygens (including phenoxy) is 2. The summed E-state index contributed by atoms with van der Waals surface area (Å²) in [5.41, 5.74) is -0.318. The van der Waals surface area contributed by atoms with Crippen LogP contribution in [0.15, 0.2) is 42.5 Å². The third kappa shape index (κ3) is 5.69. The lowest BCUT2D eigenvalue weighted by molar-refractivity contribution is -0.384. The molecule has 0 saturated carbocycles. The summed E-state index contributed by atoms with van der Waals surface area (Å²) < 4.78 is 24.2. The van der Waals surface area contributed by atoms with Gasteiger partial charge in [-0.1, -0.05) is 12.1 Å². The van der Waals surface area contributed by atoms with E-state index in [1.807, 2.05) is 0 Å². The van der Waals surface area contributed by atoms with Crippen LogP contribution in [0.5, 0.6) is 5.75 Å². The average Bonchev–Trinajstić information content (AvgIpc) is 2.63. The molecule has 2 aromatic rings. The second kappa shape index (κ2) is 9.55. The minimum Gasteiger partial charge on any atom is -0.490 e. The van der Waals surface area contributed by atoms with Crippen LogP contribution in [0.4, 0.5) is 15.8 Å². The monoisotopic (exact) mass is 393 g/mol. The molecule has 0 bridgehead atoms. The highest BCUT2D eigenvalue weighted by Gasteiger charge is 2.16. The number of carbonyl (C=O) groups excluding carboxylic acids is 1. The van der Waals surface area contributed by atoms with Crippen molar-refractivity contribution in [1.82, 2.24) is 5.32 Å². The number of amides is 1. The Morgan fingerprint density at radius 1 is 1.26 bits per heavy atom. The normalized spacial score (nSPS) is 10.1. The van der Waals surface area contributed by atoms with Crippen molar-refractivity contribution in [3.63, 3.8) is 0 Å². The quantitative estimate of drug-likeness (QED) is 0.323. The van der Waals surface area contributed by atoms with Gasteiger partial charge in [-0.25, -0.2) is 4.39 Å². The molecule has 142 valence electrons. The van der Waals surface area contributed by atoms with Gasteiger partial charge in [0.1, 0.15) is 18.2 Å². The largest absolute Gasteiger partial charge is 0.490 e. The van der Waals surface area contributed by atoms with Crippen molar-refractivity contribution in [2.75, 3.05) is 25.6 Å². The number of carbonyl (C=O) groups is 1. The number of non-ortho nitro benzene ring substituents is 1. The molecule has 0 saturated heterocycles. The lowest BCUT2D eigenvalue weighted by atomic mass is 10.2. The van der Waals surface area contributed by atoms with E-state index in [1.54, 1.807) is 18.2 Å². The van der Waals surface area contributed by atoms with Crippen molar-refractivity contribution >= 4 is 34.6 Å². The zero-order valence-electron chi connectivity index (χ0n) is 14.2. The first-order chi connectivity index (χ1) is 12.9. The van der Waals surface area contributed by atoms with Gasteiger partial charge in [-0.3, -0.25) is 20.2 Å². The number of thiocarbonyl (C=S) groups is 1. The summed E-state index contributed by atoms with van der Waals surface area (Å²) in [6, 6.07) is 9.44. The molecule has 0 spiro atoms. The fourth-order valence-corrected chi connectivity index (χ4v) is 2.26. The van der Waals surface area contributed by atoms with E-state index in [0.29, 0.717) is 12.4 Å². The Bertz CT molecular complexity index is 862. The molecule has 0 aliphatic heterocycles. The molecule has 1 amide bonds. The Hall–Kier alpha value is -3.11. The second-order valence-electron chi connectivity index (χ2n) is 5.17. The maximum Gasteiger partial charge on any atom is 0.271 e. The third-order valence-electron chi connectivity index (χ3n) is 3.31. The molecule has 2 aromatic carbocycles. The number of para-hydroxylation sites is 1. The zero-order chi connectivity index (χ0) is 19.8. The number of nitrogens with one attached hydrogen (secondary N) is 2. The first kappa shape index (κ1) is 20.2. The number of nitro benzene ring substituents is 1. The van der Waals surface area contributed by atoms with Gasteiger partial charge in [0, 0.05) is 19.2 Å². The van der Waals surface area contributed by atoms with E-state index in [4.69, 9.17) is 21.7 Å². The summed E-state index contributed by atoms with van der Waals surface area (Å²) in [4.78, 5) is 22.5. The highest BCUT2D eigenvalue weighted by atomic mass is 32.1. The fraction of sp³-hybridized carbons (Fsp3) is 0.176. The minimum atomic E-state index is -0.750. The number of rotatable bonds is 7. The van der Waals surface area contributed by atoms with Gasteiger partial charge in [0.15, 0.2) is 5.11 Å². The Labute approximate surface area is 159 Å². The average molecular weight is 393 g/mol. The summed E-state index contributed by atoms with van der Waals surface area (Å²) in [6.45, 7) is 0.602. The Balaban J connectivity index is 2.07. The number of nitrogens with zero attached hydrogens (tertiary/aromatic N) is 1. The predicted octanol–water partition coefficient (Wildman–Crippen LogP) is 2.89. The maximum atomic E-state index is 13.8. The van der Waals surface area contributed by atoms with Gasteiger partial charge < -0.3 is 14.8 Å². The highest BCUT2D eigenvalue weighted by Crippen LogP contribution is 2.21.